The summed E-state index contributed by atoms with van der Waals surface area (Å²) in [6.45, 7) is 2.32. The van der Waals surface area contributed by atoms with Gasteiger partial charge in [-0.2, -0.15) is 0 Å². The van der Waals surface area contributed by atoms with Gasteiger partial charge in [-0.15, -0.1) is 0 Å². The monoisotopic (exact) mass is 318 g/mol. The summed E-state index contributed by atoms with van der Waals surface area (Å²) in [4.78, 5) is 0. The SMILES string of the molecule is CCO[C@@H]1Cc2c(O)cc(O)cc2O[C@@H]1c1ccc(O)c(O)c1. The Hall–Kier alpha value is -2.60. The standard InChI is InChI=1S/C17H18O6/c1-2-22-16-8-11-13(20)6-10(18)7-15(11)23-17(16)9-3-4-12(19)14(21)5-9/h3-7,16-21H,2,8H2,1H3/t16-,17-/m1/s1. The molecule has 2 aromatic carbocycles. The molecule has 0 amide bonds. The van der Waals surface area contributed by atoms with E-state index in [4.69, 9.17) is 9.47 Å². The molecule has 1 heterocycles. The molecule has 0 aromatic heterocycles. The van der Waals surface area contributed by atoms with Crippen LogP contribution in [-0.2, 0) is 11.2 Å². The van der Waals surface area contributed by atoms with Crippen LogP contribution in [0.5, 0.6) is 28.7 Å². The van der Waals surface area contributed by atoms with E-state index in [1.54, 1.807) is 6.07 Å². The fourth-order valence-electron chi connectivity index (χ4n) is 2.81. The van der Waals surface area contributed by atoms with Gasteiger partial charge in [0.15, 0.2) is 17.6 Å². The third kappa shape index (κ3) is 2.85. The summed E-state index contributed by atoms with van der Waals surface area (Å²) in [5.41, 5.74) is 1.20. The van der Waals surface area contributed by atoms with Crippen LogP contribution in [0.3, 0.4) is 0 Å². The Bertz CT molecular complexity index is 727. The molecular formula is C17H18O6. The minimum Gasteiger partial charge on any atom is -0.508 e. The first-order valence-electron chi connectivity index (χ1n) is 7.34. The zero-order chi connectivity index (χ0) is 16.6. The number of hydrogen-bond donors (Lipinski definition) is 4. The number of benzene rings is 2. The molecule has 23 heavy (non-hydrogen) atoms. The predicted molar refractivity (Wildman–Crippen MR) is 82.0 cm³/mol. The van der Waals surface area contributed by atoms with Gasteiger partial charge in [0.1, 0.15) is 23.4 Å². The van der Waals surface area contributed by atoms with Crippen molar-refractivity contribution in [2.45, 2.75) is 25.6 Å². The molecule has 4 N–H and O–H groups in total. The Morgan fingerprint density at radius 3 is 2.52 bits per heavy atom. The predicted octanol–water partition coefficient (Wildman–Crippen LogP) is 2.59. The third-order valence-corrected chi connectivity index (χ3v) is 3.88. The minimum absolute atomic E-state index is 0.0447. The molecule has 2 aromatic rings. The summed E-state index contributed by atoms with van der Waals surface area (Å²) in [5.74, 6) is -0.227. The Morgan fingerprint density at radius 2 is 1.83 bits per heavy atom. The molecule has 0 bridgehead atoms. The molecule has 3 rings (SSSR count). The number of aromatic hydroxyl groups is 4. The molecule has 0 radical (unpaired) electrons. The molecule has 0 fully saturated rings. The highest BCUT2D eigenvalue weighted by Crippen LogP contribution is 2.43. The number of fused-ring (bicyclic) bond motifs is 1. The van der Waals surface area contributed by atoms with Crippen LogP contribution in [0.1, 0.15) is 24.2 Å². The number of hydrogen-bond acceptors (Lipinski definition) is 6. The van der Waals surface area contributed by atoms with Crippen LogP contribution in [0.2, 0.25) is 0 Å². The van der Waals surface area contributed by atoms with E-state index >= 15 is 0 Å². The molecule has 0 saturated carbocycles. The van der Waals surface area contributed by atoms with Gasteiger partial charge in [-0.1, -0.05) is 6.07 Å². The second-order valence-corrected chi connectivity index (χ2v) is 5.43. The molecule has 1 aliphatic heterocycles. The van der Waals surface area contributed by atoms with E-state index in [9.17, 15) is 20.4 Å². The normalized spacial score (nSPS) is 19.9. The van der Waals surface area contributed by atoms with Gasteiger partial charge in [0.25, 0.3) is 0 Å². The van der Waals surface area contributed by atoms with Crippen molar-refractivity contribution in [3.8, 4) is 28.7 Å². The van der Waals surface area contributed by atoms with Gasteiger partial charge in [-0.3, -0.25) is 0 Å². The van der Waals surface area contributed by atoms with Crippen molar-refractivity contribution in [1.29, 1.82) is 0 Å². The van der Waals surface area contributed by atoms with Crippen molar-refractivity contribution in [3.05, 3.63) is 41.5 Å². The molecule has 0 saturated heterocycles. The zero-order valence-electron chi connectivity index (χ0n) is 12.6. The van der Waals surface area contributed by atoms with Gasteiger partial charge >= 0.3 is 0 Å². The number of phenols is 4. The van der Waals surface area contributed by atoms with Crippen molar-refractivity contribution in [1.82, 2.24) is 0 Å². The maximum absolute atomic E-state index is 9.99. The highest BCUT2D eigenvalue weighted by atomic mass is 16.5. The smallest absolute Gasteiger partial charge is 0.157 e. The number of ether oxygens (including phenoxy) is 2. The maximum Gasteiger partial charge on any atom is 0.157 e. The van der Waals surface area contributed by atoms with Crippen molar-refractivity contribution in [3.63, 3.8) is 0 Å². The Kier molecular flexibility index (Phi) is 3.92. The van der Waals surface area contributed by atoms with Crippen LogP contribution in [0.15, 0.2) is 30.3 Å². The summed E-state index contributed by atoms with van der Waals surface area (Å²) in [6, 6.07) is 7.13. The van der Waals surface area contributed by atoms with Crippen molar-refractivity contribution >= 4 is 0 Å². The molecule has 2 atom stereocenters. The van der Waals surface area contributed by atoms with E-state index in [-0.39, 0.29) is 29.1 Å². The Balaban J connectivity index is 2.02. The number of phenolic OH excluding ortho intramolecular Hbond substituents is 4. The summed E-state index contributed by atoms with van der Waals surface area (Å²) in [7, 11) is 0. The highest BCUT2D eigenvalue weighted by molar-refractivity contribution is 5.52. The van der Waals surface area contributed by atoms with Crippen molar-refractivity contribution in [2.75, 3.05) is 6.61 Å². The van der Waals surface area contributed by atoms with E-state index in [0.717, 1.165) is 0 Å². The fraction of sp³-hybridized carbons (Fsp3) is 0.294. The largest absolute Gasteiger partial charge is 0.508 e. The minimum atomic E-state index is -0.532. The van der Waals surface area contributed by atoms with Crippen LogP contribution in [0, 0.1) is 0 Å². The van der Waals surface area contributed by atoms with Crippen LogP contribution < -0.4 is 4.74 Å². The topological polar surface area (TPSA) is 99.4 Å². The second kappa shape index (κ2) is 5.89. The first-order valence-corrected chi connectivity index (χ1v) is 7.34. The van der Waals surface area contributed by atoms with E-state index < -0.39 is 6.10 Å². The van der Waals surface area contributed by atoms with Crippen LogP contribution >= 0.6 is 0 Å². The summed E-state index contributed by atoms with van der Waals surface area (Å²) in [6.07, 6.45) is -0.497. The molecule has 0 unspecified atom stereocenters. The third-order valence-electron chi connectivity index (χ3n) is 3.88. The van der Waals surface area contributed by atoms with Crippen LogP contribution in [0.25, 0.3) is 0 Å². The van der Waals surface area contributed by atoms with Gasteiger partial charge in [0.05, 0.1) is 0 Å². The van der Waals surface area contributed by atoms with Crippen molar-refractivity contribution < 1.29 is 29.9 Å². The summed E-state index contributed by atoms with van der Waals surface area (Å²) < 4.78 is 11.6. The van der Waals surface area contributed by atoms with Crippen molar-refractivity contribution in [2.24, 2.45) is 0 Å². The Labute approximate surface area is 133 Å². The highest BCUT2D eigenvalue weighted by Gasteiger charge is 2.34. The molecule has 6 nitrogen and oxygen atoms in total. The summed E-state index contributed by atoms with van der Waals surface area (Å²) >= 11 is 0. The van der Waals surface area contributed by atoms with Gasteiger partial charge in [0, 0.05) is 30.7 Å². The fourth-order valence-corrected chi connectivity index (χ4v) is 2.81. The molecule has 0 aliphatic carbocycles. The first kappa shape index (κ1) is 15.3. The van der Waals surface area contributed by atoms with E-state index in [1.165, 1.54) is 24.3 Å². The lowest BCUT2D eigenvalue weighted by Gasteiger charge is -2.34. The number of rotatable bonds is 3. The van der Waals surface area contributed by atoms with E-state index in [1.807, 2.05) is 6.92 Å². The molecule has 122 valence electrons. The second-order valence-electron chi connectivity index (χ2n) is 5.43. The lowest BCUT2D eigenvalue weighted by molar-refractivity contribution is -0.0332. The molecule has 6 heteroatoms. The van der Waals surface area contributed by atoms with Crippen LogP contribution in [0.4, 0.5) is 0 Å². The molecular weight excluding hydrogens is 300 g/mol. The average molecular weight is 318 g/mol. The van der Waals surface area contributed by atoms with E-state index in [2.05, 4.69) is 0 Å². The van der Waals surface area contributed by atoms with E-state index in [0.29, 0.717) is 29.9 Å². The van der Waals surface area contributed by atoms with Gasteiger partial charge in [-0.25, -0.2) is 0 Å². The first-order chi connectivity index (χ1) is 11.0. The summed E-state index contributed by atoms with van der Waals surface area (Å²) in [5, 5.41) is 38.8. The van der Waals surface area contributed by atoms with Crippen LogP contribution in [-0.4, -0.2) is 33.1 Å². The van der Waals surface area contributed by atoms with Gasteiger partial charge in [0.2, 0.25) is 0 Å². The quantitative estimate of drug-likeness (QED) is 0.649. The Morgan fingerprint density at radius 1 is 1.04 bits per heavy atom. The maximum atomic E-state index is 9.99. The molecule has 0 spiro atoms. The van der Waals surface area contributed by atoms with Gasteiger partial charge < -0.3 is 29.9 Å². The average Bonchev–Trinajstić information content (AvgIpc) is 2.50. The van der Waals surface area contributed by atoms with Gasteiger partial charge in [-0.05, 0) is 24.6 Å². The lowest BCUT2D eigenvalue weighted by atomic mass is 9.93. The molecule has 1 aliphatic rings. The zero-order valence-corrected chi connectivity index (χ0v) is 12.6. The lowest BCUT2D eigenvalue weighted by Crippen LogP contribution is -2.33.